The number of rotatable bonds is 8. The second-order valence-electron chi connectivity index (χ2n) is 6.21. The van der Waals surface area contributed by atoms with Gasteiger partial charge in [-0.2, -0.15) is 11.8 Å². The monoisotopic (exact) mass is 399 g/mol. The van der Waals surface area contributed by atoms with Crippen LogP contribution in [0.15, 0.2) is 66.7 Å². The first-order chi connectivity index (χ1) is 13.1. The number of hydrogen-bond donors (Lipinski definition) is 1. The molecule has 0 heterocycles. The fraction of sp³-hybridized carbons (Fsp3) is 0.227. The molecule has 0 aromatic heterocycles. The number of benzene rings is 3. The van der Waals surface area contributed by atoms with Crippen molar-refractivity contribution in [2.45, 2.75) is 18.8 Å². The molecule has 3 nitrogen and oxygen atoms in total. The van der Waals surface area contributed by atoms with Gasteiger partial charge < -0.3 is 10.1 Å². The predicted octanol–water partition coefficient (Wildman–Crippen LogP) is 5.31. The molecule has 3 aromatic rings. The Morgan fingerprint density at radius 3 is 2.74 bits per heavy atom. The number of hydrogen-bond acceptors (Lipinski definition) is 3. The summed E-state index contributed by atoms with van der Waals surface area (Å²) in [5.41, 5.74) is 1.19. The molecule has 0 bridgehead atoms. The Kier molecular flexibility index (Phi) is 7.02. The third kappa shape index (κ3) is 5.65. The molecule has 0 aliphatic carbocycles. The second kappa shape index (κ2) is 9.67. The maximum atomic E-state index is 12.3. The van der Waals surface area contributed by atoms with Gasteiger partial charge in [-0.15, -0.1) is 0 Å². The molecule has 0 spiro atoms. The summed E-state index contributed by atoms with van der Waals surface area (Å²) < 4.78 is 5.90. The van der Waals surface area contributed by atoms with Gasteiger partial charge in [-0.05, 0) is 36.1 Å². The van der Waals surface area contributed by atoms with Gasteiger partial charge in [0.25, 0.3) is 5.91 Å². The molecule has 1 N–H and O–H groups in total. The van der Waals surface area contributed by atoms with Gasteiger partial charge in [0.05, 0.1) is 0 Å². The van der Waals surface area contributed by atoms with Crippen LogP contribution in [0.4, 0.5) is 0 Å². The lowest BCUT2D eigenvalue weighted by Crippen LogP contribution is -2.37. The summed E-state index contributed by atoms with van der Waals surface area (Å²) in [4.78, 5) is 12.3. The molecular weight excluding hydrogens is 378 g/mol. The van der Waals surface area contributed by atoms with Crippen LogP contribution in [-0.4, -0.2) is 24.3 Å². The van der Waals surface area contributed by atoms with Crippen LogP contribution >= 0.6 is 23.4 Å². The zero-order valence-corrected chi connectivity index (χ0v) is 16.7. The van der Waals surface area contributed by atoms with Gasteiger partial charge in [0, 0.05) is 28.5 Å². The summed E-state index contributed by atoms with van der Waals surface area (Å²) in [5, 5.41) is 5.80. The molecule has 1 amide bonds. The topological polar surface area (TPSA) is 38.3 Å². The Balaban J connectivity index is 1.44. The molecule has 0 saturated heterocycles. The van der Waals surface area contributed by atoms with E-state index < -0.39 is 6.10 Å². The van der Waals surface area contributed by atoms with Crippen LogP contribution in [0.1, 0.15) is 12.5 Å². The number of fused-ring (bicyclic) bond motifs is 1. The van der Waals surface area contributed by atoms with Crippen molar-refractivity contribution in [3.63, 3.8) is 0 Å². The van der Waals surface area contributed by atoms with Crippen molar-refractivity contribution in [1.29, 1.82) is 0 Å². The minimum atomic E-state index is -0.547. The van der Waals surface area contributed by atoms with E-state index in [1.807, 2.05) is 60.7 Å². The van der Waals surface area contributed by atoms with Crippen molar-refractivity contribution >= 4 is 40.0 Å². The third-order valence-corrected chi connectivity index (χ3v) is 5.39. The Morgan fingerprint density at radius 1 is 1.11 bits per heavy atom. The number of carbonyl (C=O) groups excluding carboxylic acids is 1. The molecule has 27 heavy (non-hydrogen) atoms. The summed E-state index contributed by atoms with van der Waals surface area (Å²) in [7, 11) is 0. The van der Waals surface area contributed by atoms with Crippen LogP contribution in [0.3, 0.4) is 0 Å². The number of thioether (sulfide) groups is 1. The van der Waals surface area contributed by atoms with Gasteiger partial charge in [0.1, 0.15) is 5.75 Å². The first-order valence-corrected chi connectivity index (χ1v) is 10.4. The molecule has 0 aliphatic rings. The highest BCUT2D eigenvalue weighted by atomic mass is 35.5. The van der Waals surface area contributed by atoms with E-state index in [2.05, 4.69) is 11.4 Å². The van der Waals surface area contributed by atoms with Crippen molar-refractivity contribution in [3.8, 4) is 5.75 Å². The minimum Gasteiger partial charge on any atom is -0.480 e. The fourth-order valence-electron chi connectivity index (χ4n) is 2.75. The van der Waals surface area contributed by atoms with E-state index in [4.69, 9.17) is 16.3 Å². The number of halogens is 1. The van der Waals surface area contributed by atoms with Crippen molar-refractivity contribution in [1.82, 2.24) is 5.32 Å². The quantitative estimate of drug-likeness (QED) is 0.521. The highest BCUT2D eigenvalue weighted by Gasteiger charge is 2.15. The van der Waals surface area contributed by atoms with Gasteiger partial charge in [0.2, 0.25) is 0 Å². The van der Waals surface area contributed by atoms with Crippen molar-refractivity contribution in [2.75, 3.05) is 12.3 Å². The number of amides is 1. The van der Waals surface area contributed by atoms with Gasteiger partial charge in [-0.25, -0.2) is 0 Å². The molecule has 0 fully saturated rings. The molecule has 3 rings (SSSR count). The summed E-state index contributed by atoms with van der Waals surface area (Å²) in [6.45, 7) is 2.38. The zero-order valence-electron chi connectivity index (χ0n) is 15.2. The first kappa shape index (κ1) is 19.6. The summed E-state index contributed by atoms with van der Waals surface area (Å²) in [5.74, 6) is 2.33. The number of nitrogens with one attached hydrogen (secondary N) is 1. The normalized spacial score (nSPS) is 11.9. The predicted molar refractivity (Wildman–Crippen MR) is 115 cm³/mol. The average molecular weight is 400 g/mol. The Labute approximate surface area is 169 Å². The second-order valence-corrected chi connectivity index (χ2v) is 7.75. The molecule has 0 aliphatic heterocycles. The van der Waals surface area contributed by atoms with Gasteiger partial charge in [-0.1, -0.05) is 60.1 Å². The van der Waals surface area contributed by atoms with Crippen molar-refractivity contribution in [2.24, 2.45) is 0 Å². The van der Waals surface area contributed by atoms with Crippen LogP contribution in [0.25, 0.3) is 10.8 Å². The van der Waals surface area contributed by atoms with Crippen LogP contribution in [-0.2, 0) is 10.5 Å². The highest BCUT2D eigenvalue weighted by Crippen LogP contribution is 2.26. The Bertz CT molecular complexity index is 910. The molecule has 3 aromatic carbocycles. The summed E-state index contributed by atoms with van der Waals surface area (Å²) >= 11 is 7.74. The molecule has 5 heteroatoms. The maximum absolute atomic E-state index is 12.3. The molecule has 0 radical (unpaired) electrons. The SMILES string of the molecule is C[C@H](Oc1cccc2ccccc12)C(=O)NCCSCc1cccc(Cl)c1. The average Bonchev–Trinajstić information content (AvgIpc) is 2.68. The number of ether oxygens (including phenoxy) is 1. The van der Waals surface area contributed by atoms with Crippen molar-refractivity contribution < 1.29 is 9.53 Å². The van der Waals surface area contributed by atoms with Gasteiger partial charge >= 0.3 is 0 Å². The van der Waals surface area contributed by atoms with Crippen molar-refractivity contribution in [3.05, 3.63) is 77.3 Å². The van der Waals surface area contributed by atoms with E-state index in [9.17, 15) is 4.79 Å². The molecule has 140 valence electrons. The largest absolute Gasteiger partial charge is 0.480 e. The van der Waals surface area contributed by atoms with E-state index in [-0.39, 0.29) is 5.91 Å². The van der Waals surface area contributed by atoms with Crippen LogP contribution in [0, 0.1) is 0 Å². The van der Waals surface area contributed by atoms with E-state index in [1.54, 1.807) is 18.7 Å². The summed E-state index contributed by atoms with van der Waals surface area (Å²) in [6.07, 6.45) is -0.547. The third-order valence-electron chi connectivity index (χ3n) is 4.13. The smallest absolute Gasteiger partial charge is 0.260 e. The molecule has 0 saturated carbocycles. The fourth-order valence-corrected chi connectivity index (χ4v) is 3.77. The van der Waals surface area contributed by atoms with Crippen LogP contribution < -0.4 is 10.1 Å². The van der Waals surface area contributed by atoms with E-state index in [0.29, 0.717) is 6.54 Å². The van der Waals surface area contributed by atoms with E-state index in [1.165, 1.54) is 5.56 Å². The lowest BCUT2D eigenvalue weighted by atomic mass is 10.1. The highest BCUT2D eigenvalue weighted by molar-refractivity contribution is 7.98. The van der Waals surface area contributed by atoms with E-state index in [0.717, 1.165) is 33.1 Å². The Morgan fingerprint density at radius 2 is 1.89 bits per heavy atom. The molecule has 1 atom stereocenters. The summed E-state index contributed by atoms with van der Waals surface area (Å²) in [6, 6.07) is 21.7. The first-order valence-electron chi connectivity index (χ1n) is 8.88. The minimum absolute atomic E-state index is 0.105. The Hall–Kier alpha value is -2.17. The lowest BCUT2D eigenvalue weighted by molar-refractivity contribution is -0.127. The van der Waals surface area contributed by atoms with Crippen LogP contribution in [0.5, 0.6) is 5.75 Å². The molecular formula is C22H22ClNO2S. The lowest BCUT2D eigenvalue weighted by Gasteiger charge is -2.16. The molecule has 0 unspecified atom stereocenters. The maximum Gasteiger partial charge on any atom is 0.260 e. The number of carbonyl (C=O) groups is 1. The van der Waals surface area contributed by atoms with Gasteiger partial charge in [0.15, 0.2) is 6.10 Å². The standard InChI is InChI=1S/C22H22ClNO2S/c1-16(26-21-11-5-8-18-7-2-3-10-20(18)21)22(25)24-12-13-27-15-17-6-4-9-19(23)14-17/h2-11,14,16H,12-13,15H2,1H3,(H,24,25)/t16-/m0/s1. The van der Waals surface area contributed by atoms with E-state index >= 15 is 0 Å². The van der Waals surface area contributed by atoms with Gasteiger partial charge in [-0.3, -0.25) is 4.79 Å². The van der Waals surface area contributed by atoms with Crippen LogP contribution in [0.2, 0.25) is 5.02 Å². The zero-order chi connectivity index (χ0) is 19.1.